The van der Waals surface area contributed by atoms with Crippen molar-refractivity contribution in [1.29, 1.82) is 0 Å². The van der Waals surface area contributed by atoms with Gasteiger partial charge < -0.3 is 4.90 Å². The van der Waals surface area contributed by atoms with Gasteiger partial charge in [-0.25, -0.2) is 0 Å². The highest BCUT2D eigenvalue weighted by Gasteiger charge is 2.49. The average molecular weight is 265 g/mol. The van der Waals surface area contributed by atoms with E-state index in [1.807, 2.05) is 53.4 Å². The van der Waals surface area contributed by atoms with Crippen LogP contribution < -0.4 is 4.90 Å². The monoisotopic (exact) mass is 265 g/mol. The van der Waals surface area contributed by atoms with Crippen molar-refractivity contribution in [1.82, 2.24) is 0 Å². The summed E-state index contributed by atoms with van der Waals surface area (Å²) in [7, 11) is 0. The third kappa shape index (κ3) is 2.01. The van der Waals surface area contributed by atoms with Crippen LogP contribution in [0.4, 0.5) is 5.69 Å². The Balaban J connectivity index is 2.00. The van der Waals surface area contributed by atoms with Crippen LogP contribution in [0.3, 0.4) is 0 Å². The highest BCUT2D eigenvalue weighted by molar-refractivity contribution is 6.03. The van der Waals surface area contributed by atoms with Gasteiger partial charge in [-0.3, -0.25) is 4.79 Å². The Morgan fingerprint density at radius 3 is 2.00 bits per heavy atom. The number of carbonyl (C=O) groups is 1. The minimum absolute atomic E-state index is 0.0811. The van der Waals surface area contributed by atoms with Gasteiger partial charge in [-0.1, -0.05) is 62.4 Å². The van der Waals surface area contributed by atoms with Gasteiger partial charge in [0.1, 0.15) is 0 Å². The fourth-order valence-corrected chi connectivity index (χ4v) is 3.04. The summed E-state index contributed by atoms with van der Waals surface area (Å²) in [4.78, 5) is 14.4. The summed E-state index contributed by atoms with van der Waals surface area (Å²) in [6.45, 7) is 4.25. The second-order valence-electron chi connectivity index (χ2n) is 5.67. The van der Waals surface area contributed by atoms with E-state index in [1.54, 1.807) is 0 Å². The molecule has 0 radical (unpaired) electrons. The van der Waals surface area contributed by atoms with Gasteiger partial charge in [0.05, 0.1) is 12.0 Å². The standard InChI is InChI=1S/C18H19NO/c1-13(2)16-17(14-9-5-3-6-10-14)19(18(16)20)15-11-7-4-8-12-15/h3-13,16-17H,1-2H3. The van der Waals surface area contributed by atoms with Crippen molar-refractivity contribution in [3.8, 4) is 0 Å². The van der Waals surface area contributed by atoms with Crippen LogP contribution in [-0.2, 0) is 4.79 Å². The van der Waals surface area contributed by atoms with Crippen LogP contribution >= 0.6 is 0 Å². The summed E-state index contributed by atoms with van der Waals surface area (Å²) >= 11 is 0. The molecule has 0 aromatic heterocycles. The highest BCUT2D eigenvalue weighted by Crippen LogP contribution is 2.46. The largest absolute Gasteiger partial charge is 0.304 e. The molecule has 1 saturated heterocycles. The van der Waals surface area contributed by atoms with Crippen molar-refractivity contribution in [3.05, 3.63) is 66.2 Å². The highest BCUT2D eigenvalue weighted by atomic mass is 16.2. The molecule has 3 rings (SSSR count). The molecule has 0 aliphatic carbocycles. The van der Waals surface area contributed by atoms with Gasteiger partial charge in [0, 0.05) is 5.69 Å². The van der Waals surface area contributed by atoms with E-state index in [-0.39, 0.29) is 17.9 Å². The van der Waals surface area contributed by atoms with Gasteiger partial charge in [0.2, 0.25) is 5.91 Å². The maximum atomic E-state index is 12.5. The van der Waals surface area contributed by atoms with Crippen LogP contribution in [-0.4, -0.2) is 5.91 Å². The van der Waals surface area contributed by atoms with Crippen LogP contribution in [0.25, 0.3) is 0 Å². The number of carbonyl (C=O) groups excluding carboxylic acids is 1. The number of rotatable bonds is 3. The number of hydrogen-bond acceptors (Lipinski definition) is 1. The summed E-state index contributed by atoms with van der Waals surface area (Å²) in [5.74, 6) is 0.672. The van der Waals surface area contributed by atoms with E-state index in [9.17, 15) is 4.79 Å². The van der Waals surface area contributed by atoms with Gasteiger partial charge >= 0.3 is 0 Å². The minimum atomic E-state index is 0.0811. The lowest BCUT2D eigenvalue weighted by molar-refractivity contribution is -0.132. The SMILES string of the molecule is CC(C)C1C(=O)N(c2ccccc2)C1c1ccccc1. The number of para-hydroxylation sites is 1. The Morgan fingerprint density at radius 1 is 0.900 bits per heavy atom. The Morgan fingerprint density at radius 2 is 1.45 bits per heavy atom. The topological polar surface area (TPSA) is 20.3 Å². The van der Waals surface area contributed by atoms with Crippen LogP contribution in [0, 0.1) is 11.8 Å². The lowest BCUT2D eigenvalue weighted by atomic mass is 9.75. The number of benzene rings is 2. The van der Waals surface area contributed by atoms with Crippen molar-refractivity contribution >= 4 is 11.6 Å². The molecule has 0 N–H and O–H groups in total. The quantitative estimate of drug-likeness (QED) is 0.767. The van der Waals surface area contributed by atoms with E-state index in [0.29, 0.717) is 5.92 Å². The molecular weight excluding hydrogens is 246 g/mol. The van der Waals surface area contributed by atoms with Crippen molar-refractivity contribution in [2.75, 3.05) is 4.90 Å². The van der Waals surface area contributed by atoms with Crippen molar-refractivity contribution in [2.24, 2.45) is 11.8 Å². The zero-order valence-corrected chi connectivity index (χ0v) is 11.9. The normalized spacial score (nSPS) is 21.9. The van der Waals surface area contributed by atoms with E-state index in [4.69, 9.17) is 0 Å². The van der Waals surface area contributed by atoms with Crippen molar-refractivity contribution in [2.45, 2.75) is 19.9 Å². The molecule has 2 nitrogen and oxygen atoms in total. The van der Waals surface area contributed by atoms with Crippen molar-refractivity contribution in [3.63, 3.8) is 0 Å². The molecule has 20 heavy (non-hydrogen) atoms. The fraction of sp³-hybridized carbons (Fsp3) is 0.278. The molecule has 2 atom stereocenters. The first-order valence-electron chi connectivity index (χ1n) is 7.13. The number of amides is 1. The number of nitrogens with zero attached hydrogens (tertiary/aromatic N) is 1. The van der Waals surface area contributed by atoms with Gasteiger partial charge in [0.15, 0.2) is 0 Å². The lowest BCUT2D eigenvalue weighted by Gasteiger charge is -2.49. The molecule has 102 valence electrons. The van der Waals surface area contributed by atoms with Crippen molar-refractivity contribution < 1.29 is 4.79 Å². The predicted octanol–water partition coefficient (Wildman–Crippen LogP) is 4.05. The summed E-state index contributed by atoms with van der Waals surface area (Å²) in [6.07, 6.45) is 0. The van der Waals surface area contributed by atoms with E-state index in [1.165, 1.54) is 5.56 Å². The summed E-state index contributed by atoms with van der Waals surface area (Å²) < 4.78 is 0. The Bertz CT molecular complexity index is 591. The Kier molecular flexibility index (Phi) is 3.31. The third-order valence-corrected chi connectivity index (χ3v) is 4.03. The molecule has 2 unspecified atom stereocenters. The first kappa shape index (κ1) is 12.9. The molecule has 1 fully saturated rings. The molecule has 0 saturated carbocycles. The van der Waals surface area contributed by atoms with Crippen LogP contribution in [0.15, 0.2) is 60.7 Å². The molecule has 0 bridgehead atoms. The Hall–Kier alpha value is -2.09. The van der Waals surface area contributed by atoms with E-state index < -0.39 is 0 Å². The van der Waals surface area contributed by atoms with Crippen LogP contribution in [0.1, 0.15) is 25.5 Å². The second-order valence-corrected chi connectivity index (χ2v) is 5.67. The molecule has 2 heteroatoms. The number of hydrogen-bond donors (Lipinski definition) is 0. The second kappa shape index (κ2) is 5.12. The zero-order valence-electron chi connectivity index (χ0n) is 11.9. The first-order chi connectivity index (χ1) is 9.70. The van der Waals surface area contributed by atoms with Crippen LogP contribution in [0.5, 0.6) is 0 Å². The van der Waals surface area contributed by atoms with E-state index >= 15 is 0 Å². The molecule has 1 heterocycles. The van der Waals surface area contributed by atoms with Gasteiger partial charge in [-0.15, -0.1) is 0 Å². The summed E-state index contributed by atoms with van der Waals surface area (Å²) in [6, 6.07) is 20.4. The molecule has 1 amide bonds. The Labute approximate surface area is 120 Å². The number of anilines is 1. The van der Waals surface area contributed by atoms with Crippen LogP contribution in [0.2, 0.25) is 0 Å². The average Bonchev–Trinajstić information content (AvgIpc) is 2.46. The fourth-order valence-electron chi connectivity index (χ4n) is 3.04. The summed E-state index contributed by atoms with van der Waals surface area (Å²) in [5, 5.41) is 0. The third-order valence-electron chi connectivity index (χ3n) is 4.03. The van der Waals surface area contributed by atoms with Gasteiger partial charge in [-0.05, 0) is 23.6 Å². The molecule has 1 aliphatic rings. The summed E-state index contributed by atoms with van der Waals surface area (Å²) in [5.41, 5.74) is 2.21. The minimum Gasteiger partial charge on any atom is -0.304 e. The predicted molar refractivity (Wildman–Crippen MR) is 81.4 cm³/mol. The van der Waals surface area contributed by atoms with E-state index in [0.717, 1.165) is 5.69 Å². The molecule has 2 aromatic rings. The molecular formula is C18H19NO. The molecule has 2 aromatic carbocycles. The zero-order chi connectivity index (χ0) is 14.1. The smallest absolute Gasteiger partial charge is 0.233 e. The maximum absolute atomic E-state index is 12.5. The van der Waals surface area contributed by atoms with Gasteiger partial charge in [0.25, 0.3) is 0 Å². The molecule has 1 aliphatic heterocycles. The van der Waals surface area contributed by atoms with Gasteiger partial charge in [-0.2, -0.15) is 0 Å². The number of β-lactam (4-membered cyclic amide) rings is 1. The lowest BCUT2D eigenvalue weighted by Crippen LogP contribution is -2.57. The van der Waals surface area contributed by atoms with E-state index in [2.05, 4.69) is 26.0 Å². The molecule has 0 spiro atoms. The maximum Gasteiger partial charge on any atom is 0.233 e. The first-order valence-corrected chi connectivity index (χ1v) is 7.13.